The van der Waals surface area contributed by atoms with E-state index in [-0.39, 0.29) is 0 Å². The summed E-state index contributed by atoms with van der Waals surface area (Å²) in [4.78, 5) is 31.4. The van der Waals surface area contributed by atoms with Crippen LogP contribution in [0.25, 0.3) is 43.6 Å². The summed E-state index contributed by atoms with van der Waals surface area (Å²) in [5, 5.41) is 7.21. The molecule has 2 bridgehead atoms. The van der Waals surface area contributed by atoms with Gasteiger partial charge in [-0.3, -0.25) is 15.3 Å². The molecule has 0 saturated heterocycles. The molecule has 0 saturated carbocycles. The van der Waals surface area contributed by atoms with Crippen LogP contribution in [-0.2, 0) is 17.8 Å². The Kier molecular flexibility index (Phi) is 4.67. The Hall–Kier alpha value is -4.98. The van der Waals surface area contributed by atoms with Gasteiger partial charge in [0.15, 0.2) is 0 Å². The van der Waals surface area contributed by atoms with Gasteiger partial charge in [-0.1, -0.05) is 18.2 Å². The Morgan fingerprint density at radius 1 is 0.872 bits per heavy atom. The molecule has 1 amide bonds. The number of nitrogens with zero attached hydrogens (tertiary/aromatic N) is 5. The summed E-state index contributed by atoms with van der Waals surface area (Å²) in [6, 6.07) is 20.7. The van der Waals surface area contributed by atoms with Gasteiger partial charge in [-0.15, -0.1) is 0 Å². The highest BCUT2D eigenvalue weighted by Gasteiger charge is 2.33. The maximum atomic E-state index is 12.0. The first-order valence-corrected chi connectivity index (χ1v) is 13.1. The van der Waals surface area contributed by atoms with E-state index in [1.54, 1.807) is 6.92 Å². The normalized spacial score (nSPS) is 14.1. The lowest BCUT2D eigenvalue weighted by Crippen LogP contribution is -2.46. The summed E-state index contributed by atoms with van der Waals surface area (Å²) < 4.78 is 5.04. The van der Waals surface area contributed by atoms with Gasteiger partial charge in [0, 0.05) is 69.5 Å². The Morgan fingerprint density at radius 3 is 2.49 bits per heavy atom. The highest BCUT2D eigenvalue weighted by atomic mass is 16.5. The maximum absolute atomic E-state index is 12.0. The average Bonchev–Trinajstić information content (AvgIpc) is 2.96. The molecule has 0 aliphatic carbocycles. The Labute approximate surface area is 223 Å². The predicted octanol–water partition coefficient (Wildman–Crippen LogP) is 6.35. The highest BCUT2D eigenvalue weighted by Crippen LogP contribution is 2.46. The van der Waals surface area contributed by atoms with Crippen molar-refractivity contribution < 1.29 is 9.53 Å². The summed E-state index contributed by atoms with van der Waals surface area (Å²) in [6.45, 7) is 4.45. The third kappa shape index (κ3) is 3.31. The number of amides is 1. The molecule has 2 aliphatic heterocycles. The summed E-state index contributed by atoms with van der Waals surface area (Å²) in [6.07, 6.45) is 3.22. The molecule has 0 unspecified atom stereocenters. The van der Waals surface area contributed by atoms with Gasteiger partial charge < -0.3 is 14.5 Å². The van der Waals surface area contributed by atoms with Gasteiger partial charge in [0.25, 0.3) is 0 Å². The Balaban J connectivity index is 1.29. The second kappa shape index (κ2) is 8.26. The molecule has 6 aromatic rings. The summed E-state index contributed by atoms with van der Waals surface area (Å²) in [5.74, 6) is 0. The van der Waals surface area contributed by atoms with E-state index in [2.05, 4.69) is 45.4 Å². The number of hydrogen-bond acceptors (Lipinski definition) is 7. The molecule has 8 rings (SSSR count). The molecule has 0 atom stereocenters. The largest absolute Gasteiger partial charge is 0.450 e. The SMILES string of the molecule is CCOC(=O)Nc1ccc2cc3ccc4c(c3nc2c1)CN1CN4Cc2c1c1cccnc1c1ncccc21. The first-order chi connectivity index (χ1) is 19.2. The number of pyridine rings is 3. The van der Waals surface area contributed by atoms with Crippen LogP contribution in [0.5, 0.6) is 0 Å². The van der Waals surface area contributed by atoms with Crippen molar-refractivity contribution >= 4 is 66.8 Å². The zero-order chi connectivity index (χ0) is 26.1. The van der Waals surface area contributed by atoms with Crippen molar-refractivity contribution in [3.8, 4) is 0 Å². The number of aromatic nitrogens is 3. The van der Waals surface area contributed by atoms with E-state index in [4.69, 9.17) is 19.7 Å². The molecule has 39 heavy (non-hydrogen) atoms. The minimum absolute atomic E-state index is 0.322. The minimum atomic E-state index is -0.466. The number of carbonyl (C=O) groups is 1. The first kappa shape index (κ1) is 22.0. The topological polar surface area (TPSA) is 83.5 Å². The molecule has 190 valence electrons. The van der Waals surface area contributed by atoms with E-state index in [9.17, 15) is 4.79 Å². The number of ether oxygens (including phenoxy) is 1. The van der Waals surface area contributed by atoms with Gasteiger partial charge in [0.05, 0.1) is 41.0 Å². The van der Waals surface area contributed by atoms with Gasteiger partial charge in [-0.05, 0) is 49.4 Å². The monoisotopic (exact) mass is 512 g/mol. The van der Waals surface area contributed by atoms with Crippen LogP contribution >= 0.6 is 0 Å². The highest BCUT2D eigenvalue weighted by molar-refractivity contribution is 6.12. The van der Waals surface area contributed by atoms with Gasteiger partial charge in [0.1, 0.15) is 0 Å². The van der Waals surface area contributed by atoms with Crippen LogP contribution in [0.3, 0.4) is 0 Å². The fourth-order valence-electron chi connectivity index (χ4n) is 6.19. The number of rotatable bonds is 2. The van der Waals surface area contributed by atoms with Crippen molar-refractivity contribution in [3.05, 3.63) is 84.2 Å². The van der Waals surface area contributed by atoms with Gasteiger partial charge >= 0.3 is 6.09 Å². The fourth-order valence-corrected chi connectivity index (χ4v) is 6.19. The third-order valence-corrected chi connectivity index (χ3v) is 7.79. The number of benzene rings is 3. The molecule has 1 N–H and O–H groups in total. The average molecular weight is 513 g/mol. The smallest absolute Gasteiger partial charge is 0.411 e. The third-order valence-electron chi connectivity index (χ3n) is 7.79. The number of hydrogen-bond donors (Lipinski definition) is 1. The lowest BCUT2D eigenvalue weighted by atomic mass is 9.94. The molecular weight excluding hydrogens is 488 g/mol. The van der Waals surface area contributed by atoms with Crippen LogP contribution < -0.4 is 15.1 Å². The molecule has 5 heterocycles. The van der Waals surface area contributed by atoms with Crippen molar-refractivity contribution in [3.63, 3.8) is 0 Å². The van der Waals surface area contributed by atoms with E-state index in [1.165, 1.54) is 22.5 Å². The van der Waals surface area contributed by atoms with Crippen molar-refractivity contribution in [2.75, 3.05) is 28.4 Å². The van der Waals surface area contributed by atoms with E-state index < -0.39 is 6.09 Å². The fraction of sp³-hybridized carbons (Fsp3) is 0.161. The van der Waals surface area contributed by atoms with Crippen LogP contribution in [0.1, 0.15) is 18.1 Å². The van der Waals surface area contributed by atoms with Gasteiger partial charge in [0.2, 0.25) is 0 Å². The number of fused-ring (bicyclic) bond motifs is 14. The number of carbonyl (C=O) groups excluding carboxylic acids is 1. The molecule has 0 fully saturated rings. The quantitative estimate of drug-likeness (QED) is 0.214. The molecule has 0 radical (unpaired) electrons. The Morgan fingerprint density at radius 2 is 1.64 bits per heavy atom. The van der Waals surface area contributed by atoms with Crippen molar-refractivity contribution in [1.29, 1.82) is 0 Å². The van der Waals surface area contributed by atoms with Gasteiger partial charge in [-0.25, -0.2) is 9.78 Å². The van der Waals surface area contributed by atoms with Gasteiger partial charge in [-0.2, -0.15) is 0 Å². The lowest BCUT2D eigenvalue weighted by molar-refractivity contribution is 0.168. The van der Waals surface area contributed by atoms with Crippen LogP contribution in [0.15, 0.2) is 73.1 Å². The molecule has 3 aromatic heterocycles. The minimum Gasteiger partial charge on any atom is -0.450 e. The second-order valence-corrected chi connectivity index (χ2v) is 10.0. The maximum Gasteiger partial charge on any atom is 0.411 e. The summed E-state index contributed by atoms with van der Waals surface area (Å²) >= 11 is 0. The molecule has 8 heteroatoms. The molecule has 2 aliphatic rings. The van der Waals surface area contributed by atoms with Crippen LogP contribution in [0.4, 0.5) is 21.9 Å². The van der Waals surface area contributed by atoms with E-state index >= 15 is 0 Å². The summed E-state index contributed by atoms with van der Waals surface area (Å²) in [7, 11) is 0. The summed E-state index contributed by atoms with van der Waals surface area (Å²) in [5.41, 5.74) is 9.31. The lowest BCUT2D eigenvalue weighted by Gasteiger charge is -2.45. The van der Waals surface area contributed by atoms with E-state index in [0.717, 1.165) is 63.4 Å². The predicted molar refractivity (Wildman–Crippen MR) is 154 cm³/mol. The van der Waals surface area contributed by atoms with Crippen molar-refractivity contribution in [1.82, 2.24) is 15.0 Å². The number of nitrogens with one attached hydrogen (secondary N) is 1. The zero-order valence-corrected chi connectivity index (χ0v) is 21.3. The zero-order valence-electron chi connectivity index (χ0n) is 21.3. The number of anilines is 3. The Bertz CT molecular complexity index is 1990. The van der Waals surface area contributed by atoms with Crippen molar-refractivity contribution in [2.45, 2.75) is 20.0 Å². The van der Waals surface area contributed by atoms with E-state index in [1.807, 2.05) is 42.7 Å². The molecule has 8 nitrogen and oxygen atoms in total. The van der Waals surface area contributed by atoms with Crippen LogP contribution in [-0.4, -0.2) is 34.3 Å². The van der Waals surface area contributed by atoms with E-state index in [0.29, 0.717) is 12.3 Å². The van der Waals surface area contributed by atoms with Crippen molar-refractivity contribution in [2.24, 2.45) is 0 Å². The van der Waals surface area contributed by atoms with Crippen LogP contribution in [0, 0.1) is 0 Å². The standard InChI is InChI=1S/C31H24N6O2/c1-2-39-31(38)34-20-9-7-18-13-19-8-10-26-24(27(19)35-25(18)14-20)16-37-17-36(26)15-23-21-5-3-11-32-28(21)29-22(30(23)37)6-4-12-33-29/h3-14H,2,15-17H2,1H3,(H,34,38). The second-order valence-electron chi connectivity index (χ2n) is 10.0. The first-order valence-electron chi connectivity index (χ1n) is 13.1. The molecular formula is C31H24N6O2. The molecule has 0 spiro atoms. The van der Waals surface area contributed by atoms with Crippen LogP contribution in [0.2, 0.25) is 0 Å². The molecule has 3 aromatic carbocycles.